The molecule has 2 aromatic rings. The fourth-order valence-electron chi connectivity index (χ4n) is 1.08. The SMILES string of the molecule is CCc1cnc2ncc(O)n2c1. The zero-order valence-corrected chi connectivity index (χ0v) is 6.73. The number of fused-ring (bicyclic) bond motifs is 1. The third kappa shape index (κ3) is 0.922. The molecule has 4 heteroatoms. The molecule has 2 rings (SSSR count). The minimum absolute atomic E-state index is 0.132. The van der Waals surface area contributed by atoms with Crippen LogP contribution in [0.15, 0.2) is 18.6 Å². The van der Waals surface area contributed by atoms with E-state index in [0.29, 0.717) is 5.78 Å². The zero-order valence-electron chi connectivity index (χ0n) is 6.73. The second kappa shape index (κ2) is 2.48. The number of hydrogen-bond donors (Lipinski definition) is 1. The Bertz CT molecular complexity index is 408. The van der Waals surface area contributed by atoms with E-state index in [1.807, 2.05) is 13.1 Å². The van der Waals surface area contributed by atoms with Gasteiger partial charge in [0.05, 0.1) is 6.20 Å². The van der Waals surface area contributed by atoms with Crippen LogP contribution in [0.25, 0.3) is 5.78 Å². The Morgan fingerprint density at radius 1 is 1.42 bits per heavy atom. The van der Waals surface area contributed by atoms with Crippen LogP contribution in [0.5, 0.6) is 5.88 Å². The summed E-state index contributed by atoms with van der Waals surface area (Å²) in [5.74, 6) is 0.664. The molecule has 0 aliphatic carbocycles. The van der Waals surface area contributed by atoms with E-state index in [9.17, 15) is 5.11 Å². The molecule has 0 aliphatic heterocycles. The average Bonchev–Trinajstić information content (AvgIpc) is 2.47. The van der Waals surface area contributed by atoms with Crippen LogP contribution < -0.4 is 0 Å². The van der Waals surface area contributed by atoms with Gasteiger partial charge in [-0.25, -0.2) is 9.97 Å². The molecule has 0 bridgehead atoms. The molecule has 62 valence electrons. The molecule has 0 unspecified atom stereocenters. The Kier molecular flexibility index (Phi) is 1.46. The van der Waals surface area contributed by atoms with Crippen LogP contribution in [-0.2, 0) is 6.42 Å². The van der Waals surface area contributed by atoms with Crippen LogP contribution in [0, 0.1) is 0 Å². The fraction of sp³-hybridized carbons (Fsp3) is 0.250. The first kappa shape index (κ1) is 7.09. The normalized spacial score (nSPS) is 10.8. The van der Waals surface area contributed by atoms with Gasteiger partial charge in [-0.15, -0.1) is 0 Å². The molecule has 0 spiro atoms. The van der Waals surface area contributed by atoms with Gasteiger partial charge in [0.25, 0.3) is 0 Å². The summed E-state index contributed by atoms with van der Waals surface area (Å²) in [6.45, 7) is 2.04. The number of rotatable bonds is 1. The first-order valence-electron chi connectivity index (χ1n) is 3.82. The number of aryl methyl sites for hydroxylation is 1. The van der Waals surface area contributed by atoms with Crippen molar-refractivity contribution in [2.75, 3.05) is 0 Å². The highest BCUT2D eigenvalue weighted by atomic mass is 16.3. The van der Waals surface area contributed by atoms with Crippen LogP contribution in [0.4, 0.5) is 0 Å². The fourth-order valence-corrected chi connectivity index (χ4v) is 1.08. The van der Waals surface area contributed by atoms with Crippen LogP contribution in [0.3, 0.4) is 0 Å². The van der Waals surface area contributed by atoms with E-state index >= 15 is 0 Å². The molecule has 0 atom stereocenters. The van der Waals surface area contributed by atoms with Crippen molar-refractivity contribution in [1.82, 2.24) is 14.4 Å². The predicted molar refractivity (Wildman–Crippen MR) is 44.0 cm³/mol. The van der Waals surface area contributed by atoms with E-state index in [0.717, 1.165) is 12.0 Å². The van der Waals surface area contributed by atoms with Gasteiger partial charge in [0.2, 0.25) is 11.7 Å². The number of aromatic hydroxyl groups is 1. The maximum absolute atomic E-state index is 9.29. The lowest BCUT2D eigenvalue weighted by molar-refractivity contribution is 0.448. The smallest absolute Gasteiger partial charge is 0.236 e. The second-order valence-corrected chi connectivity index (χ2v) is 2.60. The Morgan fingerprint density at radius 3 is 2.92 bits per heavy atom. The van der Waals surface area contributed by atoms with E-state index < -0.39 is 0 Å². The van der Waals surface area contributed by atoms with Crippen LogP contribution in [-0.4, -0.2) is 19.5 Å². The summed E-state index contributed by atoms with van der Waals surface area (Å²) in [5, 5.41) is 9.29. The summed E-state index contributed by atoms with van der Waals surface area (Å²) in [7, 11) is 0. The quantitative estimate of drug-likeness (QED) is 0.682. The first-order chi connectivity index (χ1) is 5.81. The Morgan fingerprint density at radius 2 is 2.17 bits per heavy atom. The molecule has 0 saturated heterocycles. The van der Waals surface area contributed by atoms with E-state index in [4.69, 9.17) is 0 Å². The Balaban J connectivity index is 2.71. The summed E-state index contributed by atoms with van der Waals surface area (Å²) >= 11 is 0. The molecular weight excluding hydrogens is 154 g/mol. The minimum atomic E-state index is 0.132. The monoisotopic (exact) mass is 163 g/mol. The van der Waals surface area contributed by atoms with Crippen molar-refractivity contribution in [2.24, 2.45) is 0 Å². The van der Waals surface area contributed by atoms with E-state index in [2.05, 4.69) is 9.97 Å². The standard InChI is InChI=1S/C8H9N3O/c1-2-6-3-9-8-10-4-7(12)11(8)5-6/h3-5,12H,2H2,1H3. The molecule has 0 radical (unpaired) electrons. The number of imidazole rings is 1. The van der Waals surface area contributed by atoms with Gasteiger partial charge in [0, 0.05) is 12.4 Å². The number of aromatic nitrogens is 3. The third-order valence-corrected chi connectivity index (χ3v) is 1.81. The highest BCUT2D eigenvalue weighted by molar-refractivity contribution is 5.34. The van der Waals surface area contributed by atoms with Crippen LogP contribution in [0.1, 0.15) is 12.5 Å². The van der Waals surface area contributed by atoms with Gasteiger partial charge in [-0.3, -0.25) is 4.40 Å². The number of nitrogens with zero attached hydrogens (tertiary/aromatic N) is 3. The van der Waals surface area contributed by atoms with Gasteiger partial charge < -0.3 is 5.11 Å². The third-order valence-electron chi connectivity index (χ3n) is 1.81. The van der Waals surface area contributed by atoms with Crippen molar-refractivity contribution in [2.45, 2.75) is 13.3 Å². The van der Waals surface area contributed by atoms with Crippen molar-refractivity contribution in [1.29, 1.82) is 0 Å². The molecule has 0 saturated carbocycles. The molecular formula is C8H9N3O. The molecule has 12 heavy (non-hydrogen) atoms. The van der Waals surface area contributed by atoms with Gasteiger partial charge >= 0.3 is 0 Å². The maximum atomic E-state index is 9.29. The van der Waals surface area contributed by atoms with Crippen molar-refractivity contribution in [3.05, 3.63) is 24.2 Å². The van der Waals surface area contributed by atoms with Crippen LogP contribution >= 0.6 is 0 Å². The summed E-state index contributed by atoms with van der Waals surface area (Å²) in [5.41, 5.74) is 1.08. The van der Waals surface area contributed by atoms with Crippen molar-refractivity contribution in [3.8, 4) is 5.88 Å². The van der Waals surface area contributed by atoms with Crippen molar-refractivity contribution >= 4 is 5.78 Å². The molecule has 2 heterocycles. The lowest BCUT2D eigenvalue weighted by Crippen LogP contribution is -1.91. The second-order valence-electron chi connectivity index (χ2n) is 2.60. The van der Waals surface area contributed by atoms with Crippen LogP contribution in [0.2, 0.25) is 0 Å². The first-order valence-corrected chi connectivity index (χ1v) is 3.82. The van der Waals surface area contributed by atoms with E-state index in [1.165, 1.54) is 6.20 Å². The molecule has 0 fully saturated rings. The summed E-state index contributed by atoms with van der Waals surface area (Å²) in [4.78, 5) is 7.96. The molecule has 4 nitrogen and oxygen atoms in total. The van der Waals surface area contributed by atoms with Gasteiger partial charge in [-0.1, -0.05) is 6.92 Å². The summed E-state index contributed by atoms with van der Waals surface area (Å²) in [6.07, 6.45) is 5.90. The van der Waals surface area contributed by atoms with E-state index in [1.54, 1.807) is 10.6 Å². The number of hydrogen-bond acceptors (Lipinski definition) is 3. The molecule has 0 aliphatic rings. The topological polar surface area (TPSA) is 50.4 Å². The van der Waals surface area contributed by atoms with Gasteiger partial charge in [0.15, 0.2) is 0 Å². The Hall–Kier alpha value is -1.58. The largest absolute Gasteiger partial charge is 0.493 e. The highest BCUT2D eigenvalue weighted by Crippen LogP contribution is 2.11. The minimum Gasteiger partial charge on any atom is -0.493 e. The lowest BCUT2D eigenvalue weighted by atomic mass is 10.3. The van der Waals surface area contributed by atoms with E-state index in [-0.39, 0.29) is 5.88 Å². The molecule has 0 aromatic carbocycles. The lowest BCUT2D eigenvalue weighted by Gasteiger charge is -1.97. The zero-order chi connectivity index (χ0) is 8.55. The van der Waals surface area contributed by atoms with Gasteiger partial charge in [-0.05, 0) is 12.0 Å². The predicted octanol–water partition coefficient (Wildman–Crippen LogP) is 0.997. The van der Waals surface area contributed by atoms with Crippen molar-refractivity contribution < 1.29 is 5.11 Å². The Labute approximate surface area is 69.5 Å². The highest BCUT2D eigenvalue weighted by Gasteiger charge is 2.01. The summed E-state index contributed by atoms with van der Waals surface area (Å²) < 4.78 is 1.57. The molecule has 0 amide bonds. The van der Waals surface area contributed by atoms with Crippen molar-refractivity contribution in [3.63, 3.8) is 0 Å². The molecule has 1 N–H and O–H groups in total. The maximum Gasteiger partial charge on any atom is 0.236 e. The summed E-state index contributed by atoms with van der Waals surface area (Å²) in [6, 6.07) is 0. The van der Waals surface area contributed by atoms with Gasteiger partial charge in [0.1, 0.15) is 0 Å². The van der Waals surface area contributed by atoms with Gasteiger partial charge in [-0.2, -0.15) is 0 Å². The molecule has 2 aromatic heterocycles. The average molecular weight is 163 g/mol.